The first-order valence-corrected chi connectivity index (χ1v) is 41.0. The van der Waals surface area contributed by atoms with Gasteiger partial charge in [-0.25, -0.2) is 4.79 Å². The first-order chi connectivity index (χ1) is 54.8. The fourth-order valence-corrected chi connectivity index (χ4v) is 19.9. The van der Waals surface area contributed by atoms with E-state index in [2.05, 4.69) is 133 Å². The molecule has 6 atom stereocenters. The largest absolute Gasteiger partial charge is 0.503 e. The van der Waals surface area contributed by atoms with E-state index >= 15 is 0 Å². The van der Waals surface area contributed by atoms with Gasteiger partial charge in [0.15, 0.2) is 34.3 Å². The molecule has 22 heteroatoms. The number of ether oxygens (including phenoxy) is 3. The summed E-state index contributed by atoms with van der Waals surface area (Å²) < 4.78 is 22.8. The molecule has 6 aliphatic heterocycles. The Morgan fingerprint density at radius 3 is 1.19 bits per heavy atom. The minimum absolute atomic E-state index is 0.0148. The maximum Gasteiger partial charge on any atom is 0.411 e. The lowest BCUT2D eigenvalue weighted by Gasteiger charge is -2.42. The van der Waals surface area contributed by atoms with E-state index in [1.807, 2.05) is 167 Å². The van der Waals surface area contributed by atoms with Crippen LogP contribution in [0.25, 0.3) is 0 Å². The zero-order valence-corrected chi connectivity index (χ0v) is 66.3. The van der Waals surface area contributed by atoms with Crippen LogP contribution in [0.15, 0.2) is 260 Å². The Hall–Kier alpha value is -11.5. The van der Waals surface area contributed by atoms with Gasteiger partial charge in [0.25, 0.3) is 17.7 Å². The van der Waals surface area contributed by atoms with E-state index < -0.39 is 28.1 Å². The summed E-state index contributed by atoms with van der Waals surface area (Å²) in [4.78, 5) is 102. The standard InChI is InChI=1S/C34H33N3O5S.C32H31N3O3S.C25H24N2O3S/c1-21(2)36-18-27(29-24-14-8-7-13-23(24)20-43-28-16-10-9-15-25(28)29)37-17-26(35-34(40)41-3)31(38)32(30(37)33(36)39)42-19-22-11-5-4-6-12-22;1-20(2)34-17-26(28-23-13-7-6-12-22(23)19-39-27-15-9-8-14-24(27)28)35-16-25(33)30(36)31(29(35)32(34)37)38-18-21-10-4-3-5-11-21;1-15(2)27-13-19(26-12-11-20(28)24(29)23(26)25(27)30)22-17-8-4-3-7-16(17)14-31-21-10-6-5-9-18(21)22/h4-17,21,27,29H,18-20H2,1-3H3,(H,35,40);3-16,20,26,28H,17-19,33H2,1-2H3;3-12,15,19,22,29H,13-14H2,1-2H3/t27-,29?;26-,28?;19-,22?/m111/s1. The van der Waals surface area contributed by atoms with Crippen LogP contribution in [0, 0.1) is 0 Å². The van der Waals surface area contributed by atoms with Crippen LogP contribution in [-0.2, 0) is 35.2 Å². The van der Waals surface area contributed by atoms with Gasteiger partial charge < -0.3 is 53.5 Å². The second-order valence-electron chi connectivity index (χ2n) is 29.8. The van der Waals surface area contributed by atoms with Gasteiger partial charge >= 0.3 is 6.09 Å². The van der Waals surface area contributed by atoms with Crippen molar-refractivity contribution in [2.24, 2.45) is 0 Å². The lowest BCUT2D eigenvalue weighted by molar-refractivity contribution is 0.0577. The number of thioether (sulfide) groups is 3. The molecule has 0 saturated heterocycles. The van der Waals surface area contributed by atoms with Crippen molar-refractivity contribution in [1.29, 1.82) is 0 Å². The summed E-state index contributed by atoms with van der Waals surface area (Å²) in [6.45, 7) is 13.5. The van der Waals surface area contributed by atoms with E-state index in [1.54, 1.807) is 35.3 Å². The van der Waals surface area contributed by atoms with E-state index in [9.17, 15) is 38.7 Å². The third-order valence-corrected chi connectivity index (χ3v) is 25.5. The number of aromatic hydroxyl groups is 1. The molecular weight excluding hydrogens is 1480 g/mol. The number of pyridine rings is 3. The maximum atomic E-state index is 14.2. The Balaban J connectivity index is 0.000000136. The van der Waals surface area contributed by atoms with Crippen LogP contribution in [-0.4, -0.2) is 102 Å². The third-order valence-electron chi connectivity index (χ3n) is 22.1. The number of nitrogens with zero attached hydrogens (tertiary/aromatic N) is 6. The molecule has 0 fully saturated rings. The first kappa shape index (κ1) is 76.9. The van der Waals surface area contributed by atoms with E-state index in [0.717, 1.165) is 33.9 Å². The van der Waals surface area contributed by atoms with Crippen molar-refractivity contribution in [1.82, 2.24) is 28.4 Å². The average Bonchev–Trinajstić information content (AvgIpc) is 1.56. The molecule has 3 aromatic heterocycles. The molecule has 113 heavy (non-hydrogen) atoms. The molecule has 0 radical (unpaired) electrons. The fourth-order valence-electron chi connectivity index (χ4n) is 16.6. The zero-order valence-electron chi connectivity index (χ0n) is 63.8. The monoisotopic (exact) mass is 1560 g/mol. The van der Waals surface area contributed by atoms with Gasteiger partial charge in [-0.05, 0) is 121 Å². The number of fused-ring (bicyclic) bond motifs is 9. The number of hydrogen-bond donors (Lipinski definition) is 3. The number of nitrogens with two attached hydrogens (primary N) is 1. The second-order valence-corrected chi connectivity index (χ2v) is 32.8. The number of nitrogen functional groups attached to an aromatic ring is 1. The number of nitrogens with one attached hydrogen (secondary N) is 1. The molecule has 4 amide bonds. The average molecular weight is 1570 g/mol. The number of carbonyl (C=O) groups is 4. The van der Waals surface area contributed by atoms with Crippen LogP contribution in [0.2, 0.25) is 0 Å². The van der Waals surface area contributed by atoms with Gasteiger partial charge in [-0.1, -0.05) is 188 Å². The normalized spacial score (nSPS) is 18.4. The fraction of sp³-hybridized carbons (Fsp3) is 0.264. The number of anilines is 2. The highest BCUT2D eigenvalue weighted by atomic mass is 32.2. The molecule has 576 valence electrons. The predicted molar refractivity (Wildman–Crippen MR) is 444 cm³/mol. The Bertz CT molecular complexity index is 5510. The zero-order chi connectivity index (χ0) is 78.9. The van der Waals surface area contributed by atoms with Crippen LogP contribution in [0.4, 0.5) is 16.2 Å². The number of amides is 4. The van der Waals surface area contributed by atoms with Gasteiger partial charge in [0.2, 0.25) is 16.3 Å². The van der Waals surface area contributed by atoms with Crippen molar-refractivity contribution in [3.05, 3.63) is 340 Å². The van der Waals surface area contributed by atoms with Crippen molar-refractivity contribution < 1.29 is 38.5 Å². The molecule has 9 heterocycles. The number of carbonyl (C=O) groups excluding carboxylic acids is 4. The summed E-state index contributed by atoms with van der Waals surface area (Å²) in [5, 5.41) is 13.2. The summed E-state index contributed by atoms with van der Waals surface area (Å²) in [6.07, 6.45) is 4.11. The maximum absolute atomic E-state index is 14.2. The Morgan fingerprint density at radius 2 is 0.788 bits per heavy atom. The summed E-state index contributed by atoms with van der Waals surface area (Å²) >= 11 is 5.46. The third kappa shape index (κ3) is 15.1. The lowest BCUT2D eigenvalue weighted by Crippen LogP contribution is -2.49. The van der Waals surface area contributed by atoms with Crippen LogP contribution in [0.3, 0.4) is 0 Å². The Labute approximate surface area is 668 Å². The molecule has 3 unspecified atom stereocenters. The van der Waals surface area contributed by atoms with Crippen molar-refractivity contribution in [2.75, 3.05) is 37.8 Å². The molecule has 0 spiro atoms. The highest BCUT2D eigenvalue weighted by molar-refractivity contribution is 7.99. The van der Waals surface area contributed by atoms with Crippen molar-refractivity contribution >= 4 is 70.5 Å². The van der Waals surface area contributed by atoms with E-state index in [4.69, 9.17) is 19.9 Å². The van der Waals surface area contributed by atoms with Gasteiger partial charge in [0, 0.05) is 112 Å². The van der Waals surface area contributed by atoms with Gasteiger partial charge in [0.05, 0.1) is 25.2 Å². The molecule has 8 aromatic carbocycles. The molecule has 0 aliphatic carbocycles. The Kier molecular flexibility index (Phi) is 22.5. The molecule has 6 aliphatic rings. The first-order valence-electron chi connectivity index (χ1n) is 38.1. The summed E-state index contributed by atoms with van der Waals surface area (Å²) in [5.74, 6) is 1.00. The minimum Gasteiger partial charge on any atom is -0.503 e. The summed E-state index contributed by atoms with van der Waals surface area (Å²) in [6, 6.07) is 70.2. The predicted octanol–water partition coefficient (Wildman–Crippen LogP) is 16.7. The van der Waals surface area contributed by atoms with E-state index in [-0.39, 0.29) is 125 Å². The molecule has 19 nitrogen and oxygen atoms in total. The number of benzene rings is 8. The molecule has 4 N–H and O–H groups in total. The van der Waals surface area contributed by atoms with Crippen molar-refractivity contribution in [2.45, 2.75) is 141 Å². The lowest BCUT2D eigenvalue weighted by atomic mass is 9.81. The number of rotatable bonds is 13. The van der Waals surface area contributed by atoms with Gasteiger partial charge in [-0.2, -0.15) is 0 Å². The minimum atomic E-state index is -0.782. The van der Waals surface area contributed by atoms with Gasteiger partial charge in [-0.3, -0.25) is 34.1 Å². The highest BCUT2D eigenvalue weighted by Gasteiger charge is 2.46. The number of aromatic nitrogens is 3. The van der Waals surface area contributed by atoms with Crippen molar-refractivity contribution in [3.63, 3.8) is 0 Å². The van der Waals surface area contributed by atoms with E-state index in [0.29, 0.717) is 19.6 Å². The SMILES string of the molecule is CC(C)N1C[C@H](C2c3ccccc3CSc3ccccc32)n2cc(N)c(=O)c(OCc3ccccc3)c2C1=O.CC(C)N1C[C@H](C2c3ccccc3CSc3ccccc32)n2ccc(=O)c(O)c2C1=O.COC(=O)Nc1cn2c(c(OCc3ccccc3)c1=O)C(=O)N(C(C)C)C[C@@H]2C1c2ccccc2CSc2ccccc21. The smallest absolute Gasteiger partial charge is 0.411 e. The van der Waals surface area contributed by atoms with Crippen LogP contribution in [0.1, 0.15) is 170 Å². The van der Waals surface area contributed by atoms with Crippen LogP contribution < -0.4 is 36.8 Å². The summed E-state index contributed by atoms with van der Waals surface area (Å²) in [7, 11) is 1.24. The highest BCUT2D eigenvalue weighted by Crippen LogP contribution is 2.52. The number of methoxy groups -OCH3 is 1. The Morgan fingerprint density at radius 1 is 0.442 bits per heavy atom. The molecular formula is C91H88N8O11S3. The molecule has 11 aromatic rings. The molecule has 17 rings (SSSR count). The second kappa shape index (κ2) is 33.1. The molecule has 0 bridgehead atoms. The van der Waals surface area contributed by atoms with Crippen molar-refractivity contribution in [3.8, 4) is 17.2 Å². The molecule has 0 saturated carbocycles. The summed E-state index contributed by atoms with van der Waals surface area (Å²) in [5.41, 5.74) is 18.1. The van der Waals surface area contributed by atoms with Gasteiger partial charge in [0.1, 0.15) is 24.6 Å². The number of hydrogen-bond acceptors (Lipinski definition) is 15. The topological polar surface area (TPSA) is 230 Å². The quantitative estimate of drug-likeness (QED) is 0.0975. The van der Waals surface area contributed by atoms with Gasteiger partial charge in [-0.15, -0.1) is 35.3 Å². The van der Waals surface area contributed by atoms with Crippen LogP contribution in [0.5, 0.6) is 17.2 Å². The van der Waals surface area contributed by atoms with E-state index in [1.165, 1.54) is 72.4 Å². The van der Waals surface area contributed by atoms with Crippen LogP contribution >= 0.6 is 35.3 Å².